The van der Waals surface area contributed by atoms with E-state index < -0.39 is 0 Å². The average Bonchev–Trinajstić information content (AvgIpc) is 2.58. The lowest BCUT2D eigenvalue weighted by molar-refractivity contribution is 0.368. The fraction of sp³-hybridized carbons (Fsp3) is 0.714. The Balaban J connectivity index is 4.49. The van der Waals surface area contributed by atoms with Crippen molar-refractivity contribution in [3.05, 3.63) is 36.8 Å². The molecule has 25 heavy (non-hydrogen) atoms. The van der Waals surface area contributed by atoms with Crippen molar-refractivity contribution in [1.29, 1.82) is 0 Å². The second kappa shape index (κ2) is 16.1. The first-order chi connectivity index (χ1) is 12.0. The molecule has 0 aliphatic heterocycles. The van der Waals surface area contributed by atoms with Gasteiger partial charge in [0.25, 0.3) is 0 Å². The van der Waals surface area contributed by atoms with Crippen LogP contribution in [0.3, 0.4) is 0 Å². The minimum Gasteiger partial charge on any atom is -0.387 e. The Morgan fingerprint density at radius 3 is 1.72 bits per heavy atom. The molecule has 0 aromatic heterocycles. The van der Waals surface area contributed by atoms with E-state index in [0.29, 0.717) is 0 Å². The van der Waals surface area contributed by atoms with Crippen LogP contribution in [-0.4, -0.2) is 44.7 Å². The lowest BCUT2D eigenvalue weighted by Gasteiger charge is -2.29. The second-order valence-corrected chi connectivity index (χ2v) is 6.75. The molecule has 0 amide bonds. The molecule has 0 saturated carbocycles. The first-order valence-electron chi connectivity index (χ1n) is 9.95. The van der Waals surface area contributed by atoms with Gasteiger partial charge in [0.2, 0.25) is 0 Å². The zero-order valence-corrected chi connectivity index (χ0v) is 17.1. The molecule has 3 N–H and O–H groups in total. The number of hydrogen-bond acceptors (Lipinski definition) is 4. The summed E-state index contributed by atoms with van der Waals surface area (Å²) in [7, 11) is 2.00. The molecule has 0 unspecified atom stereocenters. The van der Waals surface area contributed by atoms with E-state index in [0.717, 1.165) is 57.0 Å². The predicted molar refractivity (Wildman–Crippen MR) is 113 cm³/mol. The quantitative estimate of drug-likeness (QED) is 0.327. The van der Waals surface area contributed by atoms with Crippen LogP contribution in [0.4, 0.5) is 0 Å². The topological polar surface area (TPSA) is 39.3 Å². The van der Waals surface area contributed by atoms with Crippen molar-refractivity contribution in [1.82, 2.24) is 20.9 Å². The summed E-state index contributed by atoms with van der Waals surface area (Å²) in [6.07, 6.45) is 8.09. The van der Waals surface area contributed by atoms with E-state index in [4.69, 9.17) is 0 Å². The summed E-state index contributed by atoms with van der Waals surface area (Å²) in [5.74, 6) is 0. The maximum absolute atomic E-state index is 4.32. The number of hydrogen-bond donors (Lipinski definition) is 3. The van der Waals surface area contributed by atoms with Gasteiger partial charge in [0.1, 0.15) is 0 Å². The fourth-order valence-electron chi connectivity index (χ4n) is 2.52. The SMILES string of the molecule is C=C(CN(CC(=C)NCCCC)C(=C)CCCCNC)NCCCC. The molecule has 0 radical (unpaired) electrons. The number of nitrogens with one attached hydrogen (secondary N) is 3. The van der Waals surface area contributed by atoms with E-state index in [1.165, 1.54) is 37.8 Å². The molecule has 0 heterocycles. The molecule has 0 aromatic carbocycles. The smallest absolute Gasteiger partial charge is 0.0571 e. The van der Waals surface area contributed by atoms with Crippen LogP contribution in [-0.2, 0) is 0 Å². The number of nitrogens with zero attached hydrogens (tertiary/aromatic N) is 1. The molecule has 0 aromatic rings. The van der Waals surface area contributed by atoms with Crippen molar-refractivity contribution in [2.75, 3.05) is 39.8 Å². The van der Waals surface area contributed by atoms with Gasteiger partial charge in [-0.3, -0.25) is 0 Å². The summed E-state index contributed by atoms with van der Waals surface area (Å²) < 4.78 is 0. The molecule has 0 rings (SSSR count). The highest BCUT2D eigenvalue weighted by molar-refractivity contribution is 5.07. The lowest BCUT2D eigenvalue weighted by Crippen LogP contribution is -2.34. The van der Waals surface area contributed by atoms with E-state index in [1.54, 1.807) is 0 Å². The summed E-state index contributed by atoms with van der Waals surface area (Å²) in [5.41, 5.74) is 3.30. The first-order valence-corrected chi connectivity index (χ1v) is 9.95. The highest BCUT2D eigenvalue weighted by atomic mass is 15.2. The zero-order valence-electron chi connectivity index (χ0n) is 17.1. The molecule has 0 aliphatic rings. The maximum atomic E-state index is 4.32. The standard InChI is InChI=1S/C21H42N4/c1-7-9-15-23-19(3)17-25(18-20(4)24-16-10-8-2)21(5)13-11-12-14-22-6/h22-24H,3-5,7-18H2,1-2,6H3. The van der Waals surface area contributed by atoms with Crippen LogP contribution in [0.2, 0.25) is 0 Å². The van der Waals surface area contributed by atoms with E-state index in [1.807, 2.05) is 7.05 Å². The summed E-state index contributed by atoms with van der Waals surface area (Å²) in [6, 6.07) is 0. The highest BCUT2D eigenvalue weighted by Crippen LogP contribution is 2.13. The van der Waals surface area contributed by atoms with Crippen molar-refractivity contribution in [3.8, 4) is 0 Å². The van der Waals surface area contributed by atoms with Gasteiger partial charge in [0.15, 0.2) is 0 Å². The van der Waals surface area contributed by atoms with Gasteiger partial charge in [-0.15, -0.1) is 0 Å². The Hall–Kier alpha value is -1.42. The monoisotopic (exact) mass is 350 g/mol. The Bertz CT molecular complexity index is 352. The number of unbranched alkanes of at least 4 members (excludes halogenated alkanes) is 3. The van der Waals surface area contributed by atoms with Gasteiger partial charge >= 0.3 is 0 Å². The van der Waals surface area contributed by atoms with Crippen molar-refractivity contribution in [2.45, 2.75) is 58.8 Å². The minimum atomic E-state index is 0.795. The Kier molecular flexibility index (Phi) is 15.2. The van der Waals surface area contributed by atoms with E-state index in [9.17, 15) is 0 Å². The predicted octanol–water partition coefficient (Wildman–Crippen LogP) is 4.00. The zero-order chi connectivity index (χ0) is 18.9. The molecule has 0 fully saturated rings. The molecule has 0 saturated heterocycles. The molecule has 0 bridgehead atoms. The highest BCUT2D eigenvalue weighted by Gasteiger charge is 2.11. The third-order valence-electron chi connectivity index (χ3n) is 4.16. The second-order valence-electron chi connectivity index (χ2n) is 6.75. The van der Waals surface area contributed by atoms with E-state index >= 15 is 0 Å². The molecular weight excluding hydrogens is 308 g/mol. The van der Waals surface area contributed by atoms with Gasteiger partial charge in [-0.25, -0.2) is 0 Å². The number of allylic oxidation sites excluding steroid dienone is 1. The molecule has 0 aliphatic carbocycles. The van der Waals surface area contributed by atoms with Crippen molar-refractivity contribution < 1.29 is 0 Å². The molecule has 0 atom stereocenters. The minimum absolute atomic E-state index is 0.795. The summed E-state index contributed by atoms with van der Waals surface area (Å²) in [5, 5.41) is 10.1. The molecule has 4 nitrogen and oxygen atoms in total. The summed E-state index contributed by atoms with van der Waals surface area (Å²) in [4.78, 5) is 2.31. The van der Waals surface area contributed by atoms with Gasteiger partial charge in [0.05, 0.1) is 13.1 Å². The van der Waals surface area contributed by atoms with Crippen molar-refractivity contribution in [3.63, 3.8) is 0 Å². The van der Waals surface area contributed by atoms with Gasteiger partial charge < -0.3 is 20.9 Å². The van der Waals surface area contributed by atoms with Crippen molar-refractivity contribution >= 4 is 0 Å². The molecular formula is C21H42N4. The Morgan fingerprint density at radius 1 is 0.760 bits per heavy atom. The lowest BCUT2D eigenvalue weighted by atomic mass is 10.1. The van der Waals surface area contributed by atoms with Crippen LogP contribution in [0.25, 0.3) is 0 Å². The van der Waals surface area contributed by atoms with Crippen LogP contribution >= 0.6 is 0 Å². The largest absolute Gasteiger partial charge is 0.387 e. The normalized spacial score (nSPS) is 10.4. The average molecular weight is 351 g/mol. The fourth-order valence-corrected chi connectivity index (χ4v) is 2.52. The summed E-state index contributed by atoms with van der Waals surface area (Å²) >= 11 is 0. The number of rotatable bonds is 18. The van der Waals surface area contributed by atoms with Crippen LogP contribution in [0.15, 0.2) is 36.8 Å². The molecule has 146 valence electrons. The Morgan fingerprint density at radius 2 is 1.28 bits per heavy atom. The first kappa shape index (κ1) is 23.6. The third-order valence-corrected chi connectivity index (χ3v) is 4.16. The van der Waals surface area contributed by atoms with Crippen LogP contribution in [0.5, 0.6) is 0 Å². The Labute approximate surface area is 156 Å². The maximum Gasteiger partial charge on any atom is 0.0571 e. The van der Waals surface area contributed by atoms with E-state index in [-0.39, 0.29) is 0 Å². The summed E-state index contributed by atoms with van der Waals surface area (Å²) in [6.45, 7) is 21.7. The van der Waals surface area contributed by atoms with Crippen LogP contribution < -0.4 is 16.0 Å². The van der Waals surface area contributed by atoms with Crippen LogP contribution in [0.1, 0.15) is 58.8 Å². The van der Waals surface area contributed by atoms with Gasteiger partial charge in [-0.1, -0.05) is 46.4 Å². The van der Waals surface area contributed by atoms with E-state index in [2.05, 4.69) is 54.4 Å². The third kappa shape index (κ3) is 13.5. The molecule has 0 spiro atoms. The van der Waals surface area contributed by atoms with Gasteiger partial charge in [0, 0.05) is 30.2 Å². The van der Waals surface area contributed by atoms with Gasteiger partial charge in [-0.05, 0) is 45.7 Å². The van der Waals surface area contributed by atoms with Crippen molar-refractivity contribution in [2.24, 2.45) is 0 Å². The van der Waals surface area contributed by atoms with Gasteiger partial charge in [-0.2, -0.15) is 0 Å². The molecule has 4 heteroatoms. The van der Waals surface area contributed by atoms with Crippen LogP contribution in [0, 0.1) is 0 Å².